The van der Waals surface area contributed by atoms with Gasteiger partial charge < -0.3 is 55.1 Å². The summed E-state index contributed by atoms with van der Waals surface area (Å²) in [4.78, 5) is 0. The Morgan fingerprint density at radius 3 is 1.22 bits per heavy atom. The molecule has 10 atom stereocenters. The third-order valence-electron chi connectivity index (χ3n) is 3.97. The van der Waals surface area contributed by atoms with Crippen LogP contribution in [0.1, 0.15) is 0 Å². The zero-order valence-electron chi connectivity index (χ0n) is 12.0. The molecule has 2 aliphatic rings. The highest BCUT2D eigenvalue weighted by Crippen LogP contribution is 2.27. The molecular weight excluding hydrogens is 320 g/mol. The van der Waals surface area contributed by atoms with Crippen LogP contribution in [0.25, 0.3) is 0 Å². The van der Waals surface area contributed by atoms with Crippen molar-refractivity contribution in [2.75, 3.05) is 13.2 Å². The molecule has 0 aromatic carbocycles. The lowest BCUT2D eigenvalue weighted by molar-refractivity contribution is -0.376. The first-order valence-corrected chi connectivity index (χ1v) is 7.08. The molecule has 0 radical (unpaired) electrons. The molecule has 2 aliphatic heterocycles. The largest absolute Gasteiger partial charge is 0.394 e. The molecule has 11 heteroatoms. The van der Waals surface area contributed by atoms with Crippen LogP contribution in [0.2, 0.25) is 0 Å². The molecule has 23 heavy (non-hydrogen) atoms. The number of aliphatic hydroxyl groups excluding tert-OH is 8. The van der Waals surface area contributed by atoms with Gasteiger partial charge in [0.15, 0.2) is 12.6 Å². The molecule has 0 bridgehead atoms. The molecular formula is C12H22O11. The summed E-state index contributed by atoms with van der Waals surface area (Å²) in [5.41, 5.74) is 0. The summed E-state index contributed by atoms with van der Waals surface area (Å²) in [6, 6.07) is 0. The fourth-order valence-corrected chi connectivity index (χ4v) is 2.49. The number of ether oxygens (including phenoxy) is 3. The van der Waals surface area contributed by atoms with Crippen LogP contribution >= 0.6 is 0 Å². The van der Waals surface area contributed by atoms with Crippen molar-refractivity contribution in [3.8, 4) is 0 Å². The molecule has 0 amide bonds. The number of hydrogen-bond acceptors (Lipinski definition) is 11. The van der Waals surface area contributed by atoms with Gasteiger partial charge in [0.2, 0.25) is 0 Å². The summed E-state index contributed by atoms with van der Waals surface area (Å²) in [6.07, 6.45) is -15.6. The van der Waals surface area contributed by atoms with Crippen LogP contribution in [0, 0.1) is 0 Å². The maximum absolute atomic E-state index is 9.84. The normalized spacial score (nSPS) is 51.7. The van der Waals surface area contributed by atoms with Gasteiger partial charge in [-0.05, 0) is 0 Å². The van der Waals surface area contributed by atoms with Crippen molar-refractivity contribution in [3.05, 3.63) is 0 Å². The number of aliphatic hydroxyl groups is 8. The second-order valence-electron chi connectivity index (χ2n) is 5.53. The average Bonchev–Trinajstić information content (AvgIpc) is 2.55. The second-order valence-corrected chi connectivity index (χ2v) is 5.53. The van der Waals surface area contributed by atoms with Gasteiger partial charge in [-0.25, -0.2) is 0 Å². The summed E-state index contributed by atoms with van der Waals surface area (Å²) >= 11 is 0. The van der Waals surface area contributed by atoms with Gasteiger partial charge >= 0.3 is 0 Å². The van der Waals surface area contributed by atoms with Gasteiger partial charge in [-0.1, -0.05) is 0 Å². The predicted molar refractivity (Wildman–Crippen MR) is 68.6 cm³/mol. The minimum absolute atomic E-state index is 0.667. The van der Waals surface area contributed by atoms with E-state index in [0.717, 1.165) is 0 Å². The topological polar surface area (TPSA) is 190 Å². The standard InChI is InChI=1S/C12H22O11/c13-1-3-5(15)7(17)9(19)11(21-3)23-12-10(20)8(18)6(16)4(2-14)22-12/h3-20H,1-2H2/t3-,4-,5-,6-,7+,8+,9-,10+,11-,12?/m1/s1. The van der Waals surface area contributed by atoms with Crippen molar-refractivity contribution >= 4 is 0 Å². The molecule has 11 nitrogen and oxygen atoms in total. The minimum Gasteiger partial charge on any atom is -0.394 e. The molecule has 2 fully saturated rings. The molecule has 8 N–H and O–H groups in total. The van der Waals surface area contributed by atoms with Crippen LogP contribution in [0.15, 0.2) is 0 Å². The zero-order valence-corrected chi connectivity index (χ0v) is 12.0. The molecule has 0 aliphatic carbocycles. The van der Waals surface area contributed by atoms with E-state index >= 15 is 0 Å². The van der Waals surface area contributed by atoms with Crippen LogP contribution in [0.5, 0.6) is 0 Å². The van der Waals surface area contributed by atoms with Gasteiger partial charge in [0.25, 0.3) is 0 Å². The molecule has 0 aromatic heterocycles. The van der Waals surface area contributed by atoms with Crippen LogP contribution in [-0.2, 0) is 14.2 Å². The van der Waals surface area contributed by atoms with Gasteiger partial charge in [0, 0.05) is 0 Å². The van der Waals surface area contributed by atoms with Crippen molar-refractivity contribution in [3.63, 3.8) is 0 Å². The fourth-order valence-electron chi connectivity index (χ4n) is 2.49. The number of hydrogen-bond donors (Lipinski definition) is 8. The van der Waals surface area contributed by atoms with Crippen molar-refractivity contribution < 1.29 is 55.1 Å². The molecule has 2 saturated heterocycles. The van der Waals surface area contributed by atoms with Crippen molar-refractivity contribution in [2.24, 2.45) is 0 Å². The summed E-state index contributed by atoms with van der Waals surface area (Å²) in [5, 5.41) is 76.4. The zero-order chi connectivity index (χ0) is 17.3. The Balaban J connectivity index is 2.07. The van der Waals surface area contributed by atoms with Crippen LogP contribution in [0.3, 0.4) is 0 Å². The Kier molecular flexibility index (Phi) is 6.27. The van der Waals surface area contributed by atoms with Gasteiger partial charge in [0.1, 0.15) is 48.8 Å². The molecule has 2 rings (SSSR count). The molecule has 136 valence electrons. The second kappa shape index (κ2) is 7.63. The highest BCUT2D eigenvalue weighted by atomic mass is 16.8. The first-order valence-electron chi connectivity index (χ1n) is 7.08. The van der Waals surface area contributed by atoms with E-state index in [-0.39, 0.29) is 0 Å². The maximum atomic E-state index is 9.84. The molecule has 1 unspecified atom stereocenters. The van der Waals surface area contributed by atoms with E-state index < -0.39 is 74.6 Å². The molecule has 2 heterocycles. The van der Waals surface area contributed by atoms with E-state index in [9.17, 15) is 30.6 Å². The maximum Gasteiger partial charge on any atom is 0.189 e. The Labute approximate surface area is 130 Å². The van der Waals surface area contributed by atoms with Crippen molar-refractivity contribution in [1.82, 2.24) is 0 Å². The van der Waals surface area contributed by atoms with E-state index in [1.807, 2.05) is 0 Å². The smallest absolute Gasteiger partial charge is 0.189 e. The molecule has 0 aromatic rings. The van der Waals surface area contributed by atoms with Gasteiger partial charge in [0.05, 0.1) is 13.2 Å². The van der Waals surface area contributed by atoms with E-state index in [0.29, 0.717) is 0 Å². The van der Waals surface area contributed by atoms with Gasteiger partial charge in [-0.2, -0.15) is 0 Å². The van der Waals surface area contributed by atoms with Crippen LogP contribution in [-0.4, -0.2) is 115 Å². The fraction of sp³-hybridized carbons (Fsp3) is 1.00. The third kappa shape index (κ3) is 3.65. The third-order valence-corrected chi connectivity index (χ3v) is 3.97. The first kappa shape index (κ1) is 18.9. The van der Waals surface area contributed by atoms with Crippen molar-refractivity contribution in [2.45, 2.75) is 61.4 Å². The highest BCUT2D eigenvalue weighted by molar-refractivity contribution is 4.92. The lowest BCUT2D eigenvalue weighted by Gasteiger charge is -2.44. The summed E-state index contributed by atoms with van der Waals surface area (Å²) in [7, 11) is 0. The summed E-state index contributed by atoms with van der Waals surface area (Å²) in [5.74, 6) is 0. The lowest BCUT2D eigenvalue weighted by atomic mass is 9.98. The van der Waals surface area contributed by atoms with E-state index in [4.69, 9.17) is 24.4 Å². The minimum atomic E-state index is -1.72. The first-order chi connectivity index (χ1) is 10.8. The Morgan fingerprint density at radius 2 is 0.913 bits per heavy atom. The Hall–Kier alpha value is -0.440. The summed E-state index contributed by atoms with van der Waals surface area (Å²) in [6.45, 7) is -1.33. The quantitative estimate of drug-likeness (QED) is 0.243. The predicted octanol–water partition coefficient (Wildman–Crippen LogP) is -5.40. The van der Waals surface area contributed by atoms with E-state index in [1.165, 1.54) is 0 Å². The lowest BCUT2D eigenvalue weighted by Crippen LogP contribution is -2.63. The highest BCUT2D eigenvalue weighted by Gasteiger charge is 2.49. The molecule has 0 saturated carbocycles. The van der Waals surface area contributed by atoms with Gasteiger partial charge in [-0.3, -0.25) is 0 Å². The van der Waals surface area contributed by atoms with E-state index in [2.05, 4.69) is 0 Å². The monoisotopic (exact) mass is 342 g/mol. The molecule has 0 spiro atoms. The van der Waals surface area contributed by atoms with Crippen LogP contribution in [0.4, 0.5) is 0 Å². The Morgan fingerprint density at radius 1 is 0.565 bits per heavy atom. The Bertz CT molecular complexity index is 344. The SMILES string of the molecule is OC[C@H]1O[C@H](OC2O[C@H](CO)[C@@H](O)[C@H](O)[C@@H]2O)[C@H](O)[C@@H](O)[C@@H]1O. The van der Waals surface area contributed by atoms with Crippen LogP contribution < -0.4 is 0 Å². The summed E-state index contributed by atoms with van der Waals surface area (Å²) < 4.78 is 15.3. The van der Waals surface area contributed by atoms with E-state index in [1.54, 1.807) is 0 Å². The average molecular weight is 342 g/mol. The van der Waals surface area contributed by atoms with Crippen molar-refractivity contribution in [1.29, 1.82) is 0 Å². The number of rotatable bonds is 4. The van der Waals surface area contributed by atoms with Gasteiger partial charge in [-0.15, -0.1) is 0 Å².